The number of hydrogen-bond acceptors (Lipinski definition) is 17. The molecule has 2 aliphatic rings. The molecular weight excluding hydrogens is 536 g/mol. The van der Waals surface area contributed by atoms with E-state index in [0.29, 0.717) is 11.0 Å². The number of esters is 1. The summed E-state index contributed by atoms with van der Waals surface area (Å²) in [6.45, 7) is -0.643. The lowest BCUT2D eigenvalue weighted by Crippen LogP contribution is -2.46. The van der Waals surface area contributed by atoms with Crippen LogP contribution in [0.25, 0.3) is 22.3 Å². The van der Waals surface area contributed by atoms with Gasteiger partial charge in [-0.25, -0.2) is 34.7 Å². The number of imidazole rings is 2. The molecule has 0 spiro atoms. The minimum atomic E-state index is -2.15. The van der Waals surface area contributed by atoms with Crippen molar-refractivity contribution >= 4 is 39.9 Å². The van der Waals surface area contributed by atoms with E-state index in [-0.39, 0.29) is 34.6 Å². The number of aromatic amines is 2. The number of carbonyl (C=O) groups is 1. The number of hydrogen-bond donors (Lipinski definition) is 9. The van der Waals surface area contributed by atoms with Crippen LogP contribution >= 0.6 is 0 Å². The van der Waals surface area contributed by atoms with Gasteiger partial charge in [-0.2, -0.15) is 0 Å². The highest BCUT2D eigenvalue weighted by Gasteiger charge is 2.53. The normalized spacial score (nSPS) is 31.2. The number of nitrogens with zero attached hydrogens (tertiary/aromatic N) is 6. The van der Waals surface area contributed by atoms with Crippen LogP contribution in [0.3, 0.4) is 0 Å². The molecule has 4 aromatic heterocycles. The Bertz CT molecular complexity index is 1560. The molecule has 0 amide bonds. The molecular formula is C21H24N10O9. The van der Waals surface area contributed by atoms with E-state index in [2.05, 4.69) is 39.9 Å². The highest BCUT2D eigenvalue weighted by molar-refractivity contribution is 5.81. The highest BCUT2D eigenvalue weighted by atomic mass is 16.6. The van der Waals surface area contributed by atoms with Crippen molar-refractivity contribution < 1.29 is 44.5 Å². The van der Waals surface area contributed by atoms with Crippen molar-refractivity contribution in [1.29, 1.82) is 0 Å². The third-order valence-corrected chi connectivity index (χ3v) is 6.79. The molecule has 2 aliphatic heterocycles. The predicted molar refractivity (Wildman–Crippen MR) is 128 cm³/mol. The monoisotopic (exact) mass is 560 g/mol. The summed E-state index contributed by atoms with van der Waals surface area (Å²) >= 11 is 0. The first-order valence-corrected chi connectivity index (χ1v) is 12.0. The summed E-state index contributed by atoms with van der Waals surface area (Å²) in [4.78, 5) is 43.1. The highest BCUT2D eigenvalue weighted by Crippen LogP contribution is 2.37. The second kappa shape index (κ2) is 9.82. The molecule has 2 fully saturated rings. The predicted octanol–water partition coefficient (Wildman–Crippen LogP) is -3.89. The van der Waals surface area contributed by atoms with Crippen LogP contribution in [0.4, 0.5) is 11.6 Å². The van der Waals surface area contributed by atoms with E-state index in [1.165, 1.54) is 12.7 Å². The van der Waals surface area contributed by atoms with Gasteiger partial charge in [0.2, 0.25) is 0 Å². The van der Waals surface area contributed by atoms with E-state index < -0.39 is 67.5 Å². The molecule has 0 saturated carbocycles. The molecule has 0 aromatic carbocycles. The van der Waals surface area contributed by atoms with Crippen molar-refractivity contribution in [3.63, 3.8) is 0 Å². The van der Waals surface area contributed by atoms with E-state index in [0.717, 1.165) is 0 Å². The molecule has 11 N–H and O–H groups in total. The number of aliphatic hydroxyl groups is 5. The van der Waals surface area contributed by atoms with E-state index in [4.69, 9.17) is 25.7 Å². The number of aromatic nitrogens is 8. The van der Waals surface area contributed by atoms with E-state index in [9.17, 15) is 30.3 Å². The molecule has 0 bridgehead atoms. The zero-order valence-corrected chi connectivity index (χ0v) is 20.3. The average molecular weight is 560 g/mol. The van der Waals surface area contributed by atoms with Gasteiger partial charge in [0.25, 0.3) is 0 Å². The number of rotatable bonds is 6. The number of nitrogens with one attached hydrogen (secondary N) is 2. The van der Waals surface area contributed by atoms with Gasteiger partial charge < -0.3 is 61.2 Å². The lowest BCUT2D eigenvalue weighted by molar-refractivity contribution is -0.176. The van der Waals surface area contributed by atoms with Gasteiger partial charge in [-0.05, 0) is 0 Å². The van der Waals surface area contributed by atoms with Crippen molar-refractivity contribution in [3.05, 3.63) is 24.3 Å². The molecule has 19 heteroatoms. The number of H-pyrrole nitrogens is 2. The van der Waals surface area contributed by atoms with Crippen molar-refractivity contribution in [3.8, 4) is 0 Å². The van der Waals surface area contributed by atoms with Gasteiger partial charge in [-0.1, -0.05) is 0 Å². The Morgan fingerprint density at radius 2 is 1.48 bits per heavy atom. The molecule has 6 heterocycles. The third-order valence-electron chi connectivity index (χ3n) is 6.79. The smallest absolute Gasteiger partial charge is 0.338 e. The van der Waals surface area contributed by atoms with Crippen LogP contribution in [-0.4, -0.2) is 121 Å². The van der Waals surface area contributed by atoms with Crippen LogP contribution in [0, 0.1) is 0 Å². The number of carbonyl (C=O) groups excluding carboxylic acids is 1. The maximum Gasteiger partial charge on any atom is 0.338 e. The Balaban J connectivity index is 1.22. The minimum Gasteiger partial charge on any atom is -0.454 e. The largest absolute Gasteiger partial charge is 0.454 e. The van der Waals surface area contributed by atoms with Crippen molar-refractivity contribution in [2.24, 2.45) is 0 Å². The van der Waals surface area contributed by atoms with E-state index >= 15 is 0 Å². The number of fused-ring (bicyclic) bond motifs is 2. The van der Waals surface area contributed by atoms with Gasteiger partial charge in [0.15, 0.2) is 52.9 Å². The Hall–Kier alpha value is -4.11. The number of nitrogen functional groups attached to an aromatic ring is 2. The molecule has 9 atom stereocenters. The van der Waals surface area contributed by atoms with Crippen LogP contribution in [0.15, 0.2) is 12.7 Å². The molecule has 19 nitrogen and oxygen atoms in total. The van der Waals surface area contributed by atoms with Crippen LogP contribution in [0.1, 0.15) is 23.9 Å². The summed E-state index contributed by atoms with van der Waals surface area (Å²) < 4.78 is 16.6. The first-order chi connectivity index (χ1) is 19.2. The lowest BCUT2D eigenvalue weighted by Gasteiger charge is -2.24. The van der Waals surface area contributed by atoms with Crippen LogP contribution < -0.4 is 11.5 Å². The molecule has 3 unspecified atom stereocenters. The molecule has 0 radical (unpaired) electrons. The lowest BCUT2D eigenvalue weighted by atomic mass is 10.0. The summed E-state index contributed by atoms with van der Waals surface area (Å²) in [5.74, 6) is -1.57. The summed E-state index contributed by atoms with van der Waals surface area (Å²) in [7, 11) is 0. The molecule has 4 aromatic rings. The summed E-state index contributed by atoms with van der Waals surface area (Å²) in [6, 6.07) is 0. The Morgan fingerprint density at radius 1 is 0.900 bits per heavy atom. The quantitative estimate of drug-likeness (QED) is 0.102. The van der Waals surface area contributed by atoms with Gasteiger partial charge in [0.05, 0.1) is 19.3 Å². The number of aliphatic hydroxyl groups excluding tert-OH is 5. The summed E-state index contributed by atoms with van der Waals surface area (Å²) in [5, 5.41) is 52.3. The minimum absolute atomic E-state index is 0.00165. The van der Waals surface area contributed by atoms with Crippen LogP contribution in [0.2, 0.25) is 0 Å². The molecule has 40 heavy (non-hydrogen) atoms. The van der Waals surface area contributed by atoms with Crippen molar-refractivity contribution in [1.82, 2.24) is 39.9 Å². The first-order valence-electron chi connectivity index (χ1n) is 12.0. The number of nitrogens with two attached hydrogens (primary N) is 2. The number of ether oxygens (including phenoxy) is 3. The Morgan fingerprint density at radius 3 is 2.05 bits per heavy atom. The molecule has 212 valence electrons. The molecule has 2 saturated heterocycles. The second-order valence-electron chi connectivity index (χ2n) is 9.25. The maximum absolute atomic E-state index is 13.0. The Kier molecular flexibility index (Phi) is 6.41. The second-order valence-corrected chi connectivity index (χ2v) is 9.25. The molecule has 6 rings (SSSR count). The topological polar surface area (TPSA) is 307 Å². The molecule has 0 aliphatic carbocycles. The summed E-state index contributed by atoms with van der Waals surface area (Å²) in [6.07, 6.45) is -11.6. The zero-order chi connectivity index (χ0) is 28.3. The first kappa shape index (κ1) is 26.1. The van der Waals surface area contributed by atoms with Crippen LogP contribution in [0.5, 0.6) is 0 Å². The zero-order valence-electron chi connectivity index (χ0n) is 20.3. The third kappa shape index (κ3) is 4.16. The van der Waals surface area contributed by atoms with E-state index in [1.54, 1.807) is 0 Å². The van der Waals surface area contributed by atoms with Gasteiger partial charge in [0, 0.05) is 0 Å². The van der Waals surface area contributed by atoms with Gasteiger partial charge >= 0.3 is 5.97 Å². The SMILES string of the molecule is Nc1nc(C2O[C@H](C(O)C(=O)O[C@@H]3C(c4nc(N)c5[nH]cnc5n4)O[C@H](CO)[C@H]3O)[C@@H](O)[C@@H]2O)nc2nc[nH]c12. The van der Waals surface area contributed by atoms with Gasteiger partial charge in [0.1, 0.15) is 47.7 Å². The maximum atomic E-state index is 13.0. The number of anilines is 2. The summed E-state index contributed by atoms with van der Waals surface area (Å²) in [5.41, 5.74) is 12.9. The van der Waals surface area contributed by atoms with E-state index in [1.807, 2.05) is 0 Å². The van der Waals surface area contributed by atoms with Gasteiger partial charge in [-0.15, -0.1) is 0 Å². The Labute approximate surface area is 222 Å². The fraction of sp³-hybridized carbons (Fsp3) is 0.476. The fourth-order valence-corrected chi connectivity index (χ4v) is 4.74. The van der Waals surface area contributed by atoms with Crippen molar-refractivity contribution in [2.75, 3.05) is 18.1 Å². The fourth-order valence-electron chi connectivity index (χ4n) is 4.74. The standard InChI is InChI=1S/C21H24N10O9/c22-15-5-17(26-2-24-5)30-19(28-15)13-9(35)8(34)11(39-13)10(36)21(37)40-12-7(33)4(1-32)38-14(12)20-29-16(23)6-18(31-20)27-3-25-6/h2-4,7-14,32-36H,1H2,(H3,22,24,26,28,30)(H3,23,25,27,29,31)/t4-,7-,8+,9+,10?,11+,12+,13?,14?/m1/s1. The van der Waals surface area contributed by atoms with Crippen LogP contribution in [-0.2, 0) is 19.0 Å². The average Bonchev–Trinajstić information content (AvgIpc) is 3.72. The van der Waals surface area contributed by atoms with Gasteiger partial charge in [-0.3, -0.25) is 0 Å². The van der Waals surface area contributed by atoms with Crippen molar-refractivity contribution in [2.45, 2.75) is 54.9 Å².